The number of nitrogens with zero attached hydrogens (tertiary/aromatic N) is 2. The molecule has 1 atom stereocenters. The predicted molar refractivity (Wildman–Crippen MR) is 59.1 cm³/mol. The van der Waals surface area contributed by atoms with Crippen molar-refractivity contribution in [2.45, 2.75) is 45.4 Å². The molecule has 0 aromatic carbocycles. The number of hydrogen-bond acceptors (Lipinski definition) is 2. The smallest absolute Gasteiger partial charge is 0.222 e. The Balaban J connectivity index is 2.36. The van der Waals surface area contributed by atoms with E-state index in [9.17, 15) is 4.79 Å². The first-order valence-corrected chi connectivity index (χ1v) is 5.92. The van der Waals surface area contributed by atoms with Crippen LogP contribution >= 0.6 is 0 Å². The summed E-state index contributed by atoms with van der Waals surface area (Å²) in [4.78, 5) is 13.7. The summed E-state index contributed by atoms with van der Waals surface area (Å²) in [6.45, 7) is 3.85. The van der Waals surface area contributed by atoms with E-state index in [1.807, 2.05) is 4.90 Å². The molecule has 0 N–H and O–H groups in total. The Morgan fingerprint density at radius 3 is 3.00 bits per heavy atom. The van der Waals surface area contributed by atoms with Gasteiger partial charge in [-0.25, -0.2) is 0 Å². The first-order chi connectivity index (χ1) is 7.27. The van der Waals surface area contributed by atoms with Crippen LogP contribution in [0.1, 0.15) is 45.4 Å². The van der Waals surface area contributed by atoms with Gasteiger partial charge in [-0.1, -0.05) is 13.3 Å². The molecule has 0 aromatic rings. The molecular weight excluding hydrogens is 188 g/mol. The number of hydrogen-bond donors (Lipinski definition) is 0. The lowest BCUT2D eigenvalue weighted by Gasteiger charge is -2.20. The second-order valence-corrected chi connectivity index (χ2v) is 4.24. The Morgan fingerprint density at radius 1 is 1.53 bits per heavy atom. The summed E-state index contributed by atoms with van der Waals surface area (Å²) in [5.74, 6) is 0.999. The highest BCUT2D eigenvalue weighted by atomic mass is 16.2. The summed E-state index contributed by atoms with van der Waals surface area (Å²) in [6.07, 6.45) is 5.43. The number of likely N-dealkylation sites (tertiary alicyclic amines) is 1. The lowest BCUT2D eigenvalue weighted by molar-refractivity contribution is -0.130. The number of carbonyl (C=O) groups is 1. The van der Waals surface area contributed by atoms with Crippen molar-refractivity contribution in [1.82, 2.24) is 4.90 Å². The molecule has 0 bridgehead atoms. The molecule has 3 nitrogen and oxygen atoms in total. The Labute approximate surface area is 92.1 Å². The largest absolute Gasteiger partial charge is 0.343 e. The van der Waals surface area contributed by atoms with Crippen LogP contribution < -0.4 is 0 Å². The van der Waals surface area contributed by atoms with E-state index in [0.29, 0.717) is 12.8 Å². The number of nitriles is 1. The second-order valence-electron chi connectivity index (χ2n) is 4.24. The molecule has 15 heavy (non-hydrogen) atoms. The van der Waals surface area contributed by atoms with Crippen LogP contribution in [0.5, 0.6) is 0 Å². The molecule has 0 spiro atoms. The SMILES string of the molecule is CCC1CCC(=O)N(CCCC#N)CC1. The Hall–Kier alpha value is -1.04. The van der Waals surface area contributed by atoms with E-state index in [1.54, 1.807) is 0 Å². The average Bonchev–Trinajstić information content (AvgIpc) is 2.42. The second kappa shape index (κ2) is 6.44. The quantitative estimate of drug-likeness (QED) is 0.665. The molecule has 1 amide bonds. The van der Waals surface area contributed by atoms with Crippen molar-refractivity contribution in [1.29, 1.82) is 5.26 Å². The van der Waals surface area contributed by atoms with Crippen molar-refractivity contribution in [2.75, 3.05) is 13.1 Å². The maximum Gasteiger partial charge on any atom is 0.222 e. The zero-order valence-corrected chi connectivity index (χ0v) is 9.54. The third kappa shape index (κ3) is 3.91. The van der Waals surface area contributed by atoms with Gasteiger partial charge in [-0.15, -0.1) is 0 Å². The maximum absolute atomic E-state index is 11.7. The summed E-state index contributed by atoms with van der Waals surface area (Å²) in [5.41, 5.74) is 0. The van der Waals surface area contributed by atoms with Gasteiger partial charge in [-0.05, 0) is 25.2 Å². The van der Waals surface area contributed by atoms with Gasteiger partial charge in [-0.2, -0.15) is 5.26 Å². The van der Waals surface area contributed by atoms with Crippen LogP contribution in [0.2, 0.25) is 0 Å². The van der Waals surface area contributed by atoms with Gasteiger partial charge in [0.1, 0.15) is 0 Å². The Kier molecular flexibility index (Phi) is 5.17. The van der Waals surface area contributed by atoms with Crippen molar-refractivity contribution in [2.24, 2.45) is 5.92 Å². The summed E-state index contributed by atoms with van der Waals surface area (Å²) < 4.78 is 0. The molecule has 1 aliphatic rings. The number of rotatable bonds is 4. The molecule has 0 saturated carbocycles. The Bertz CT molecular complexity index is 244. The first kappa shape index (κ1) is 12.0. The zero-order valence-electron chi connectivity index (χ0n) is 9.54. The molecule has 0 radical (unpaired) electrons. The fourth-order valence-corrected chi connectivity index (χ4v) is 2.09. The van der Waals surface area contributed by atoms with E-state index < -0.39 is 0 Å². The third-order valence-electron chi connectivity index (χ3n) is 3.22. The monoisotopic (exact) mass is 208 g/mol. The summed E-state index contributed by atoms with van der Waals surface area (Å²) in [5, 5.41) is 8.44. The predicted octanol–water partition coefficient (Wildman–Crippen LogP) is 2.33. The minimum atomic E-state index is 0.281. The van der Waals surface area contributed by atoms with E-state index in [4.69, 9.17) is 5.26 Å². The van der Waals surface area contributed by atoms with Gasteiger partial charge in [0, 0.05) is 25.9 Å². The molecule has 1 heterocycles. The molecule has 0 aliphatic carbocycles. The fourth-order valence-electron chi connectivity index (χ4n) is 2.09. The summed E-state index contributed by atoms with van der Waals surface area (Å²) in [6, 6.07) is 2.12. The molecule has 84 valence electrons. The summed E-state index contributed by atoms with van der Waals surface area (Å²) in [7, 11) is 0. The molecular formula is C12H20N2O. The molecule has 1 unspecified atom stereocenters. The molecule has 1 saturated heterocycles. The molecule has 1 rings (SSSR count). The van der Waals surface area contributed by atoms with E-state index in [0.717, 1.165) is 38.3 Å². The highest BCUT2D eigenvalue weighted by Crippen LogP contribution is 2.21. The number of carbonyl (C=O) groups excluding carboxylic acids is 1. The van der Waals surface area contributed by atoms with Crippen LogP contribution in [0.25, 0.3) is 0 Å². The van der Waals surface area contributed by atoms with Crippen molar-refractivity contribution in [3.8, 4) is 6.07 Å². The van der Waals surface area contributed by atoms with Crippen molar-refractivity contribution < 1.29 is 4.79 Å². The van der Waals surface area contributed by atoms with Crippen molar-refractivity contribution >= 4 is 5.91 Å². The van der Waals surface area contributed by atoms with Gasteiger partial charge in [0.05, 0.1) is 6.07 Å². The van der Waals surface area contributed by atoms with Gasteiger partial charge < -0.3 is 4.90 Å². The molecule has 0 aromatic heterocycles. The molecule has 1 aliphatic heterocycles. The standard InChI is InChI=1S/C12H20N2O/c1-2-11-5-6-12(15)14(10-7-11)9-4-3-8-13/h11H,2-7,9-10H2,1H3. The first-order valence-electron chi connectivity index (χ1n) is 5.92. The average molecular weight is 208 g/mol. The van der Waals surface area contributed by atoms with Gasteiger partial charge >= 0.3 is 0 Å². The maximum atomic E-state index is 11.7. The lowest BCUT2D eigenvalue weighted by Crippen LogP contribution is -2.31. The van der Waals surface area contributed by atoms with Crippen LogP contribution in [0.4, 0.5) is 0 Å². The van der Waals surface area contributed by atoms with E-state index in [-0.39, 0.29) is 5.91 Å². The van der Waals surface area contributed by atoms with Crippen LogP contribution in [0, 0.1) is 17.2 Å². The van der Waals surface area contributed by atoms with Crippen LogP contribution in [0.3, 0.4) is 0 Å². The van der Waals surface area contributed by atoms with Gasteiger partial charge in [0.25, 0.3) is 0 Å². The minimum Gasteiger partial charge on any atom is -0.343 e. The van der Waals surface area contributed by atoms with Crippen molar-refractivity contribution in [3.63, 3.8) is 0 Å². The van der Waals surface area contributed by atoms with E-state index >= 15 is 0 Å². The zero-order chi connectivity index (χ0) is 11.1. The van der Waals surface area contributed by atoms with E-state index in [1.165, 1.54) is 6.42 Å². The molecule has 1 fully saturated rings. The highest BCUT2D eigenvalue weighted by molar-refractivity contribution is 5.76. The fraction of sp³-hybridized carbons (Fsp3) is 0.833. The lowest BCUT2D eigenvalue weighted by atomic mass is 9.98. The molecule has 3 heteroatoms. The number of amides is 1. The minimum absolute atomic E-state index is 0.281. The topological polar surface area (TPSA) is 44.1 Å². The van der Waals surface area contributed by atoms with Gasteiger partial charge in [-0.3, -0.25) is 4.79 Å². The van der Waals surface area contributed by atoms with Gasteiger partial charge in [0.15, 0.2) is 0 Å². The normalized spacial score (nSPS) is 22.3. The van der Waals surface area contributed by atoms with Crippen LogP contribution in [0.15, 0.2) is 0 Å². The van der Waals surface area contributed by atoms with Gasteiger partial charge in [0.2, 0.25) is 5.91 Å². The number of unbranched alkanes of at least 4 members (excludes halogenated alkanes) is 1. The Morgan fingerprint density at radius 2 is 2.33 bits per heavy atom. The highest BCUT2D eigenvalue weighted by Gasteiger charge is 2.20. The van der Waals surface area contributed by atoms with E-state index in [2.05, 4.69) is 13.0 Å². The third-order valence-corrected chi connectivity index (χ3v) is 3.22. The van der Waals surface area contributed by atoms with Crippen molar-refractivity contribution in [3.05, 3.63) is 0 Å². The van der Waals surface area contributed by atoms with Crippen LogP contribution in [-0.4, -0.2) is 23.9 Å². The summed E-state index contributed by atoms with van der Waals surface area (Å²) >= 11 is 0. The van der Waals surface area contributed by atoms with Crippen LogP contribution in [-0.2, 0) is 4.79 Å².